The van der Waals surface area contributed by atoms with Gasteiger partial charge in [0, 0.05) is 44.1 Å². The number of carbonyl (C=O) groups excluding carboxylic acids is 1. The quantitative estimate of drug-likeness (QED) is 0.792. The predicted molar refractivity (Wildman–Crippen MR) is 90.9 cm³/mol. The molecule has 1 aromatic heterocycles. The fourth-order valence-corrected chi connectivity index (χ4v) is 5.08. The molecule has 1 fully saturated rings. The Labute approximate surface area is 141 Å². The first-order valence-electron chi connectivity index (χ1n) is 8.03. The molecule has 0 atom stereocenters. The summed E-state index contributed by atoms with van der Waals surface area (Å²) in [7, 11) is -3.11. The van der Waals surface area contributed by atoms with E-state index in [-0.39, 0.29) is 11.7 Å². The Hall–Kier alpha value is -0.960. The summed E-state index contributed by atoms with van der Waals surface area (Å²) in [5, 5.41) is 2.09. The number of carbonyl (C=O) groups is 1. The number of sulfonamides is 1. The molecule has 6 nitrogen and oxygen atoms in total. The molecule has 1 aromatic rings. The lowest BCUT2D eigenvalue weighted by molar-refractivity contribution is -0.133. The molecule has 0 saturated carbocycles. The third-order valence-corrected chi connectivity index (χ3v) is 7.51. The fourth-order valence-electron chi connectivity index (χ4n) is 3.10. The maximum Gasteiger partial charge on any atom is 0.237 e. The molecule has 0 N–H and O–H groups in total. The summed E-state index contributed by atoms with van der Waals surface area (Å²) < 4.78 is 25.2. The molecule has 3 rings (SSSR count). The van der Waals surface area contributed by atoms with Crippen molar-refractivity contribution in [2.45, 2.75) is 19.9 Å². The molecule has 2 aliphatic heterocycles. The van der Waals surface area contributed by atoms with E-state index in [4.69, 9.17) is 0 Å². The highest BCUT2D eigenvalue weighted by molar-refractivity contribution is 7.89. The minimum absolute atomic E-state index is 0.142. The zero-order valence-corrected chi connectivity index (χ0v) is 15.0. The van der Waals surface area contributed by atoms with Gasteiger partial charge in [0.15, 0.2) is 0 Å². The fraction of sp³-hybridized carbons (Fsp3) is 0.667. The molecule has 0 radical (unpaired) electrons. The van der Waals surface area contributed by atoms with Crippen LogP contribution in [0.1, 0.15) is 17.4 Å². The minimum Gasteiger partial charge on any atom is -0.337 e. The Balaban J connectivity index is 1.50. The van der Waals surface area contributed by atoms with Crippen LogP contribution >= 0.6 is 11.3 Å². The molecular weight excluding hydrogens is 334 g/mol. The average molecular weight is 358 g/mol. The summed E-state index contributed by atoms with van der Waals surface area (Å²) in [5.41, 5.74) is 1.27. The lowest BCUT2D eigenvalue weighted by Crippen LogP contribution is -2.52. The Morgan fingerprint density at radius 2 is 1.96 bits per heavy atom. The number of piperazine rings is 1. The van der Waals surface area contributed by atoms with Crippen LogP contribution in [-0.2, 0) is 27.8 Å². The van der Waals surface area contributed by atoms with E-state index in [1.165, 1.54) is 14.7 Å². The van der Waals surface area contributed by atoms with Crippen molar-refractivity contribution in [3.8, 4) is 0 Å². The van der Waals surface area contributed by atoms with Crippen LogP contribution in [0.15, 0.2) is 11.4 Å². The van der Waals surface area contributed by atoms with Crippen LogP contribution in [0.2, 0.25) is 0 Å². The van der Waals surface area contributed by atoms with Crippen molar-refractivity contribution in [3.05, 3.63) is 21.9 Å². The first kappa shape index (κ1) is 16.9. The van der Waals surface area contributed by atoms with Crippen LogP contribution in [0, 0.1) is 0 Å². The van der Waals surface area contributed by atoms with Crippen molar-refractivity contribution >= 4 is 27.3 Å². The van der Waals surface area contributed by atoms with Crippen LogP contribution in [0.3, 0.4) is 0 Å². The van der Waals surface area contributed by atoms with E-state index in [0.29, 0.717) is 39.3 Å². The highest BCUT2D eigenvalue weighted by atomic mass is 32.2. The topological polar surface area (TPSA) is 60.9 Å². The maximum atomic E-state index is 12.5. The number of hydrogen-bond acceptors (Lipinski definition) is 5. The Morgan fingerprint density at radius 3 is 2.65 bits per heavy atom. The Bertz CT molecular complexity index is 663. The number of amides is 1. The number of fused-ring (bicyclic) bond motifs is 1. The number of hydrogen-bond donors (Lipinski definition) is 0. The number of nitrogens with zero attached hydrogens (tertiary/aromatic N) is 3. The number of rotatable bonds is 4. The summed E-state index contributed by atoms with van der Waals surface area (Å²) in [6, 6.07) is 2.10. The van der Waals surface area contributed by atoms with E-state index < -0.39 is 10.0 Å². The van der Waals surface area contributed by atoms with Crippen LogP contribution in [0.25, 0.3) is 0 Å². The molecule has 1 amide bonds. The van der Waals surface area contributed by atoms with E-state index in [2.05, 4.69) is 16.3 Å². The van der Waals surface area contributed by atoms with E-state index in [1.807, 2.05) is 4.90 Å². The Kier molecular flexibility index (Phi) is 5.05. The van der Waals surface area contributed by atoms with Crippen LogP contribution in [0.4, 0.5) is 0 Å². The van der Waals surface area contributed by atoms with Crippen molar-refractivity contribution in [1.82, 2.24) is 14.1 Å². The molecule has 0 aromatic carbocycles. The van der Waals surface area contributed by atoms with Gasteiger partial charge in [0.2, 0.25) is 15.9 Å². The molecule has 0 unspecified atom stereocenters. The standard InChI is InChI=1S/C15H23N3O3S2/c1-2-23(20,21)18-8-6-16(7-9-18)12-15(19)17-5-3-14-13(11-17)4-10-22-14/h4,10H,2-3,5-9,11-12H2,1H3. The molecular formula is C15H23N3O3S2. The monoisotopic (exact) mass is 357 g/mol. The van der Waals surface area contributed by atoms with Crippen molar-refractivity contribution in [2.24, 2.45) is 0 Å². The van der Waals surface area contributed by atoms with Crippen LogP contribution in [0.5, 0.6) is 0 Å². The summed E-state index contributed by atoms with van der Waals surface area (Å²) in [6.07, 6.45) is 0.946. The van der Waals surface area contributed by atoms with Gasteiger partial charge in [0.1, 0.15) is 0 Å². The van der Waals surface area contributed by atoms with E-state index in [0.717, 1.165) is 13.0 Å². The molecule has 3 heterocycles. The van der Waals surface area contributed by atoms with Crippen LogP contribution in [-0.4, -0.2) is 73.5 Å². The zero-order valence-electron chi connectivity index (χ0n) is 13.4. The van der Waals surface area contributed by atoms with Gasteiger partial charge >= 0.3 is 0 Å². The summed E-state index contributed by atoms with van der Waals surface area (Å²) >= 11 is 1.77. The lowest BCUT2D eigenvalue weighted by Gasteiger charge is -2.35. The van der Waals surface area contributed by atoms with Crippen molar-refractivity contribution in [3.63, 3.8) is 0 Å². The normalized spacial score (nSPS) is 20.5. The summed E-state index contributed by atoms with van der Waals surface area (Å²) in [5.74, 6) is 0.288. The van der Waals surface area contributed by atoms with Gasteiger partial charge in [-0.2, -0.15) is 4.31 Å². The molecule has 23 heavy (non-hydrogen) atoms. The first-order chi connectivity index (χ1) is 11.0. The van der Waals surface area contributed by atoms with Crippen molar-refractivity contribution in [1.29, 1.82) is 0 Å². The van der Waals surface area contributed by atoms with Gasteiger partial charge in [-0.15, -0.1) is 11.3 Å². The average Bonchev–Trinajstić information content (AvgIpc) is 3.03. The molecule has 0 bridgehead atoms. The third-order valence-electron chi connectivity index (χ3n) is 4.61. The molecule has 2 aliphatic rings. The van der Waals surface area contributed by atoms with Gasteiger partial charge in [0.25, 0.3) is 0 Å². The SMILES string of the molecule is CCS(=O)(=O)N1CCN(CC(=O)N2CCc3sccc3C2)CC1. The van der Waals surface area contributed by atoms with E-state index in [9.17, 15) is 13.2 Å². The second-order valence-electron chi connectivity index (χ2n) is 6.01. The highest BCUT2D eigenvalue weighted by Crippen LogP contribution is 2.24. The van der Waals surface area contributed by atoms with E-state index >= 15 is 0 Å². The van der Waals surface area contributed by atoms with Gasteiger partial charge in [-0.05, 0) is 30.4 Å². The highest BCUT2D eigenvalue weighted by Gasteiger charge is 2.28. The summed E-state index contributed by atoms with van der Waals surface area (Å²) in [6.45, 7) is 5.78. The van der Waals surface area contributed by atoms with Crippen molar-refractivity contribution in [2.75, 3.05) is 45.0 Å². The third kappa shape index (κ3) is 3.76. The second kappa shape index (κ2) is 6.88. The zero-order chi connectivity index (χ0) is 16.4. The molecule has 1 saturated heterocycles. The molecule has 128 valence electrons. The second-order valence-corrected chi connectivity index (χ2v) is 9.27. The largest absolute Gasteiger partial charge is 0.337 e. The predicted octanol–water partition coefficient (Wildman–Crippen LogP) is 0.600. The van der Waals surface area contributed by atoms with Crippen LogP contribution < -0.4 is 0 Å². The van der Waals surface area contributed by atoms with Gasteiger partial charge in [-0.25, -0.2) is 8.42 Å². The first-order valence-corrected chi connectivity index (χ1v) is 10.5. The summed E-state index contributed by atoms with van der Waals surface area (Å²) in [4.78, 5) is 17.9. The molecule has 8 heteroatoms. The maximum absolute atomic E-state index is 12.5. The smallest absolute Gasteiger partial charge is 0.237 e. The lowest BCUT2D eigenvalue weighted by atomic mass is 10.1. The molecule has 0 aliphatic carbocycles. The van der Waals surface area contributed by atoms with Gasteiger partial charge in [-0.3, -0.25) is 9.69 Å². The van der Waals surface area contributed by atoms with Gasteiger partial charge < -0.3 is 4.90 Å². The van der Waals surface area contributed by atoms with Gasteiger partial charge in [-0.1, -0.05) is 0 Å². The van der Waals surface area contributed by atoms with E-state index in [1.54, 1.807) is 18.3 Å². The van der Waals surface area contributed by atoms with Crippen molar-refractivity contribution < 1.29 is 13.2 Å². The number of thiophene rings is 1. The van der Waals surface area contributed by atoms with Gasteiger partial charge in [0.05, 0.1) is 12.3 Å². The molecule has 0 spiro atoms. The Morgan fingerprint density at radius 1 is 1.22 bits per heavy atom. The minimum atomic E-state index is -3.11.